The molecule has 1 aliphatic rings. The summed E-state index contributed by atoms with van der Waals surface area (Å²) in [6.07, 6.45) is 1.81. The number of amides is 1. The molecule has 7 nitrogen and oxygen atoms in total. The quantitative estimate of drug-likeness (QED) is 0.800. The zero-order valence-electron chi connectivity index (χ0n) is 14.6. The summed E-state index contributed by atoms with van der Waals surface area (Å²) in [6.45, 7) is 2.82. The third-order valence-corrected chi connectivity index (χ3v) is 4.47. The minimum Gasteiger partial charge on any atom is -0.452 e. The van der Waals surface area contributed by atoms with Crippen molar-refractivity contribution in [2.45, 2.75) is 32.2 Å². The molecule has 1 N–H and O–H groups in total. The standard InChI is InChI=1S/C19H19N3O4/c1-12-16(17(22-26-12)13-6-4-3-5-7-13)18(24)25-10-15(23)21-19(2,11-20)14-8-9-14/h3-7,14H,8-10H2,1-2H3,(H,21,23)/t19-/m1/s1. The highest BCUT2D eigenvalue weighted by molar-refractivity contribution is 5.98. The van der Waals surface area contributed by atoms with Gasteiger partial charge in [-0.1, -0.05) is 35.5 Å². The Morgan fingerprint density at radius 3 is 2.69 bits per heavy atom. The predicted octanol–water partition coefficient (Wildman–Crippen LogP) is 2.62. The molecule has 0 spiro atoms. The number of nitriles is 1. The van der Waals surface area contributed by atoms with Crippen LogP contribution in [0.2, 0.25) is 0 Å². The first-order valence-corrected chi connectivity index (χ1v) is 8.35. The van der Waals surface area contributed by atoms with Gasteiger partial charge in [-0.05, 0) is 32.6 Å². The van der Waals surface area contributed by atoms with Gasteiger partial charge < -0.3 is 14.6 Å². The molecule has 1 atom stereocenters. The molecule has 1 heterocycles. The number of nitrogens with one attached hydrogen (secondary N) is 1. The second-order valence-corrected chi connectivity index (χ2v) is 6.54. The molecule has 1 saturated carbocycles. The summed E-state index contributed by atoms with van der Waals surface area (Å²) in [6, 6.07) is 11.2. The van der Waals surface area contributed by atoms with Crippen LogP contribution in [0.3, 0.4) is 0 Å². The largest absolute Gasteiger partial charge is 0.452 e. The summed E-state index contributed by atoms with van der Waals surface area (Å²) in [5, 5.41) is 15.8. The van der Waals surface area contributed by atoms with Crippen molar-refractivity contribution in [1.82, 2.24) is 10.5 Å². The first-order valence-electron chi connectivity index (χ1n) is 8.35. The molecule has 3 rings (SSSR count). The lowest BCUT2D eigenvalue weighted by molar-refractivity contribution is -0.125. The minimum absolute atomic E-state index is 0.150. The van der Waals surface area contributed by atoms with Gasteiger partial charge in [0.2, 0.25) is 0 Å². The van der Waals surface area contributed by atoms with E-state index >= 15 is 0 Å². The fourth-order valence-corrected chi connectivity index (χ4v) is 2.82. The molecule has 1 aliphatic carbocycles. The molecule has 1 aromatic heterocycles. The third kappa shape index (κ3) is 3.59. The van der Waals surface area contributed by atoms with Crippen molar-refractivity contribution in [2.75, 3.05) is 6.61 Å². The maximum atomic E-state index is 12.4. The Hall–Kier alpha value is -3.14. The molecule has 7 heteroatoms. The van der Waals surface area contributed by atoms with Crippen molar-refractivity contribution in [2.24, 2.45) is 5.92 Å². The third-order valence-electron chi connectivity index (χ3n) is 4.47. The molecule has 0 radical (unpaired) electrons. The summed E-state index contributed by atoms with van der Waals surface area (Å²) in [5.41, 5.74) is 0.348. The predicted molar refractivity (Wildman–Crippen MR) is 91.8 cm³/mol. The molecule has 0 saturated heterocycles. The van der Waals surface area contributed by atoms with E-state index in [4.69, 9.17) is 9.26 Å². The molecule has 2 aromatic rings. The number of hydrogen-bond donors (Lipinski definition) is 1. The highest BCUT2D eigenvalue weighted by Gasteiger charge is 2.43. The number of hydrogen-bond acceptors (Lipinski definition) is 6. The van der Waals surface area contributed by atoms with E-state index in [-0.39, 0.29) is 11.5 Å². The number of ether oxygens (including phenoxy) is 1. The average molecular weight is 353 g/mol. The SMILES string of the molecule is Cc1onc(-c2ccccc2)c1C(=O)OCC(=O)N[C@](C)(C#N)C1CC1. The molecule has 0 bridgehead atoms. The number of rotatable bonds is 6. The molecule has 26 heavy (non-hydrogen) atoms. The van der Waals surface area contributed by atoms with Crippen LogP contribution in [-0.2, 0) is 9.53 Å². The maximum absolute atomic E-state index is 12.4. The minimum atomic E-state index is -0.925. The van der Waals surface area contributed by atoms with E-state index in [2.05, 4.69) is 16.5 Å². The van der Waals surface area contributed by atoms with Crippen molar-refractivity contribution in [3.05, 3.63) is 41.7 Å². The van der Waals surface area contributed by atoms with Gasteiger partial charge in [-0.15, -0.1) is 0 Å². The number of esters is 1. The second-order valence-electron chi connectivity index (χ2n) is 6.54. The Labute approximate surface area is 150 Å². The van der Waals surface area contributed by atoms with Gasteiger partial charge in [0.15, 0.2) is 6.61 Å². The molecular formula is C19H19N3O4. The zero-order chi connectivity index (χ0) is 18.7. The van der Waals surface area contributed by atoms with Gasteiger partial charge in [-0.25, -0.2) is 4.79 Å². The number of aryl methyl sites for hydroxylation is 1. The van der Waals surface area contributed by atoms with Crippen molar-refractivity contribution in [1.29, 1.82) is 5.26 Å². The first-order chi connectivity index (χ1) is 12.4. The molecule has 1 amide bonds. The van der Waals surface area contributed by atoms with Crippen molar-refractivity contribution in [3.8, 4) is 17.3 Å². The van der Waals surface area contributed by atoms with E-state index in [0.29, 0.717) is 17.0 Å². The molecule has 1 fully saturated rings. The lowest BCUT2D eigenvalue weighted by Gasteiger charge is -2.22. The number of carbonyl (C=O) groups excluding carboxylic acids is 2. The van der Waals surface area contributed by atoms with Crippen LogP contribution in [0.15, 0.2) is 34.9 Å². The first kappa shape index (κ1) is 17.7. The Bertz CT molecular complexity index is 865. The normalized spacial score (nSPS) is 15.6. The number of nitrogens with zero attached hydrogens (tertiary/aromatic N) is 2. The summed E-state index contributed by atoms with van der Waals surface area (Å²) in [4.78, 5) is 24.5. The van der Waals surface area contributed by atoms with Gasteiger partial charge in [0, 0.05) is 5.56 Å². The monoisotopic (exact) mass is 353 g/mol. The van der Waals surface area contributed by atoms with Crippen LogP contribution in [0.4, 0.5) is 0 Å². The smallest absolute Gasteiger partial charge is 0.344 e. The number of carbonyl (C=O) groups is 2. The van der Waals surface area contributed by atoms with E-state index in [1.807, 2.05) is 18.2 Å². The van der Waals surface area contributed by atoms with Gasteiger partial charge in [0.05, 0.1) is 6.07 Å². The second kappa shape index (κ2) is 7.00. The lowest BCUT2D eigenvalue weighted by Crippen LogP contribution is -2.48. The average Bonchev–Trinajstić information content (AvgIpc) is 3.43. The van der Waals surface area contributed by atoms with E-state index in [0.717, 1.165) is 12.8 Å². The summed E-state index contributed by atoms with van der Waals surface area (Å²) < 4.78 is 10.2. The van der Waals surface area contributed by atoms with E-state index < -0.39 is 24.0 Å². The van der Waals surface area contributed by atoms with Crippen molar-refractivity contribution < 1.29 is 18.8 Å². The molecule has 0 unspecified atom stereocenters. The highest BCUT2D eigenvalue weighted by atomic mass is 16.5. The van der Waals surface area contributed by atoms with Crippen LogP contribution in [0.25, 0.3) is 11.3 Å². The Morgan fingerprint density at radius 2 is 2.08 bits per heavy atom. The lowest BCUT2D eigenvalue weighted by atomic mass is 9.98. The Balaban J connectivity index is 1.67. The number of aromatic nitrogens is 1. The summed E-state index contributed by atoms with van der Waals surface area (Å²) >= 11 is 0. The van der Waals surface area contributed by atoms with E-state index in [1.165, 1.54) is 0 Å². The van der Waals surface area contributed by atoms with Gasteiger partial charge in [0.25, 0.3) is 5.91 Å². The van der Waals surface area contributed by atoms with Crippen molar-refractivity contribution >= 4 is 11.9 Å². The van der Waals surface area contributed by atoms with Crippen LogP contribution < -0.4 is 5.32 Å². The van der Waals surface area contributed by atoms with Gasteiger partial charge >= 0.3 is 5.97 Å². The highest BCUT2D eigenvalue weighted by Crippen LogP contribution is 2.39. The fraction of sp³-hybridized carbons (Fsp3) is 0.368. The Morgan fingerprint density at radius 1 is 1.38 bits per heavy atom. The molecular weight excluding hydrogens is 334 g/mol. The summed E-state index contributed by atoms with van der Waals surface area (Å²) in [7, 11) is 0. The van der Waals surface area contributed by atoms with E-state index in [9.17, 15) is 14.9 Å². The molecule has 0 aliphatic heterocycles. The van der Waals surface area contributed by atoms with Gasteiger partial charge in [0.1, 0.15) is 22.6 Å². The maximum Gasteiger partial charge on any atom is 0.344 e. The van der Waals surface area contributed by atoms with Crippen molar-refractivity contribution in [3.63, 3.8) is 0 Å². The Kier molecular flexibility index (Phi) is 4.76. The molecule has 134 valence electrons. The topological polar surface area (TPSA) is 105 Å². The van der Waals surface area contributed by atoms with Gasteiger partial charge in [-0.2, -0.15) is 5.26 Å². The number of benzene rings is 1. The van der Waals surface area contributed by atoms with Crippen LogP contribution in [-0.4, -0.2) is 29.2 Å². The zero-order valence-corrected chi connectivity index (χ0v) is 14.6. The molecule has 1 aromatic carbocycles. The van der Waals surface area contributed by atoms with Crippen LogP contribution in [0.1, 0.15) is 35.9 Å². The van der Waals surface area contributed by atoms with Crippen LogP contribution >= 0.6 is 0 Å². The van der Waals surface area contributed by atoms with E-state index in [1.54, 1.807) is 26.0 Å². The fourth-order valence-electron chi connectivity index (χ4n) is 2.82. The van der Waals surface area contributed by atoms with Crippen LogP contribution in [0.5, 0.6) is 0 Å². The summed E-state index contributed by atoms with van der Waals surface area (Å²) in [5.74, 6) is -0.737. The van der Waals surface area contributed by atoms with Crippen LogP contribution in [0, 0.1) is 24.2 Å². The van der Waals surface area contributed by atoms with Gasteiger partial charge in [-0.3, -0.25) is 4.79 Å².